The number of aromatic amines is 1. The highest BCUT2D eigenvalue weighted by atomic mass is 16.5. The number of carbonyl (C=O) groups excluding carboxylic acids is 1. The number of ether oxygens (including phenoxy) is 1. The lowest BCUT2D eigenvalue weighted by molar-refractivity contribution is 0.0341. The lowest BCUT2D eigenvalue weighted by Gasteiger charge is -2.27. The highest BCUT2D eigenvalue weighted by Crippen LogP contribution is 2.35. The van der Waals surface area contributed by atoms with E-state index in [0.29, 0.717) is 25.1 Å². The van der Waals surface area contributed by atoms with Crippen molar-refractivity contribution in [2.75, 3.05) is 39.4 Å². The molecule has 0 spiro atoms. The van der Waals surface area contributed by atoms with Crippen molar-refractivity contribution in [3.8, 4) is 11.1 Å². The van der Waals surface area contributed by atoms with E-state index in [-0.39, 0.29) is 0 Å². The molecule has 2 amide bonds. The van der Waals surface area contributed by atoms with Crippen LogP contribution in [0.2, 0.25) is 0 Å². The zero-order valence-corrected chi connectivity index (χ0v) is 22.0. The predicted octanol–water partition coefficient (Wildman–Crippen LogP) is 4.99. The van der Waals surface area contributed by atoms with E-state index < -0.39 is 12.0 Å². The molecule has 0 radical (unpaired) electrons. The number of nitrogens with zero attached hydrogens (tertiary/aromatic N) is 2. The molecule has 8 nitrogen and oxygen atoms in total. The predicted molar refractivity (Wildman–Crippen MR) is 153 cm³/mol. The maximum absolute atomic E-state index is 12.5. The largest absolute Gasteiger partial charge is 0.465 e. The van der Waals surface area contributed by atoms with Crippen LogP contribution in [0.4, 0.5) is 4.79 Å². The van der Waals surface area contributed by atoms with Gasteiger partial charge >= 0.3 is 6.09 Å². The molecular formula is C31H32N4O4. The minimum atomic E-state index is -0.895. The van der Waals surface area contributed by atoms with Crippen LogP contribution in [0.1, 0.15) is 33.5 Å². The van der Waals surface area contributed by atoms with Gasteiger partial charge in [0.1, 0.15) is 0 Å². The van der Waals surface area contributed by atoms with Gasteiger partial charge in [0.15, 0.2) is 0 Å². The average Bonchev–Trinajstić information content (AvgIpc) is 3.32. The third-order valence-electron chi connectivity index (χ3n) is 8.00. The molecule has 39 heavy (non-hydrogen) atoms. The highest BCUT2D eigenvalue weighted by molar-refractivity contribution is 6.16. The van der Waals surface area contributed by atoms with Gasteiger partial charge in [-0.25, -0.2) is 4.79 Å². The quantitative estimate of drug-likeness (QED) is 0.340. The summed E-state index contributed by atoms with van der Waals surface area (Å²) in [5, 5.41) is 11.2. The molecule has 0 atom stereocenters. The number of rotatable bonds is 5. The van der Waals surface area contributed by atoms with Gasteiger partial charge in [0.25, 0.3) is 5.91 Å². The molecule has 200 valence electrons. The van der Waals surface area contributed by atoms with Gasteiger partial charge in [-0.05, 0) is 64.9 Å². The van der Waals surface area contributed by atoms with Crippen LogP contribution in [0.25, 0.3) is 38.5 Å². The molecule has 8 heteroatoms. The number of nitrogens with two attached hydrogens (primary N) is 1. The van der Waals surface area contributed by atoms with E-state index in [1.807, 2.05) is 12.1 Å². The molecule has 2 aliphatic rings. The van der Waals surface area contributed by atoms with Crippen LogP contribution in [-0.2, 0) is 11.3 Å². The number of nitrogens with one attached hydrogen (secondary N) is 1. The topological polar surface area (TPSA) is 112 Å². The number of carbonyl (C=O) groups is 2. The fourth-order valence-electron chi connectivity index (χ4n) is 5.73. The van der Waals surface area contributed by atoms with Gasteiger partial charge in [0, 0.05) is 49.0 Å². The smallest absolute Gasteiger partial charge is 0.407 e. The molecule has 3 heterocycles. The fraction of sp³-hybridized carbons (Fsp3) is 0.290. The van der Waals surface area contributed by atoms with E-state index in [9.17, 15) is 14.7 Å². The first kappa shape index (κ1) is 25.2. The fourth-order valence-corrected chi connectivity index (χ4v) is 5.73. The third kappa shape index (κ3) is 4.89. The Morgan fingerprint density at radius 2 is 1.77 bits per heavy atom. The molecule has 0 unspecified atom stereocenters. The lowest BCUT2D eigenvalue weighted by atomic mass is 9.95. The Balaban J connectivity index is 1.36. The molecule has 4 aromatic rings. The van der Waals surface area contributed by atoms with Crippen LogP contribution in [0.5, 0.6) is 0 Å². The Bertz CT molecular complexity index is 1630. The van der Waals surface area contributed by atoms with Crippen molar-refractivity contribution in [2.45, 2.75) is 19.9 Å². The monoisotopic (exact) mass is 524 g/mol. The van der Waals surface area contributed by atoms with Crippen molar-refractivity contribution in [3.05, 3.63) is 76.9 Å². The van der Waals surface area contributed by atoms with Gasteiger partial charge in [0.05, 0.1) is 24.3 Å². The first-order chi connectivity index (χ1) is 18.9. The molecule has 0 aliphatic carbocycles. The van der Waals surface area contributed by atoms with E-state index in [1.54, 1.807) is 0 Å². The van der Waals surface area contributed by atoms with Crippen LogP contribution in [0, 0.1) is 6.92 Å². The molecule has 2 aliphatic heterocycles. The van der Waals surface area contributed by atoms with Gasteiger partial charge in [-0.1, -0.05) is 36.4 Å². The van der Waals surface area contributed by atoms with Gasteiger partial charge in [-0.3, -0.25) is 9.69 Å². The number of aromatic nitrogens is 1. The minimum Gasteiger partial charge on any atom is -0.465 e. The Hall–Kier alpha value is -4.14. The summed E-state index contributed by atoms with van der Waals surface area (Å²) in [5.41, 5.74) is 14.6. The number of benzene rings is 3. The Labute approximate surface area is 226 Å². The second-order valence-corrected chi connectivity index (χ2v) is 10.4. The molecule has 1 fully saturated rings. The zero-order valence-electron chi connectivity index (χ0n) is 22.0. The summed E-state index contributed by atoms with van der Waals surface area (Å²) < 4.78 is 5.48. The maximum atomic E-state index is 12.5. The van der Waals surface area contributed by atoms with Crippen LogP contribution in [0.3, 0.4) is 0 Å². The first-order valence-corrected chi connectivity index (χ1v) is 13.3. The van der Waals surface area contributed by atoms with E-state index in [0.717, 1.165) is 76.9 Å². The number of H-pyrrole nitrogens is 1. The molecule has 6 rings (SSSR count). The van der Waals surface area contributed by atoms with Crippen LogP contribution < -0.4 is 5.73 Å². The van der Waals surface area contributed by atoms with Gasteiger partial charge in [0.2, 0.25) is 0 Å². The summed E-state index contributed by atoms with van der Waals surface area (Å²) in [6.45, 7) is 7.34. The number of fused-ring (bicyclic) bond motifs is 3. The van der Waals surface area contributed by atoms with Crippen LogP contribution in [0.15, 0.2) is 54.6 Å². The molecule has 4 N–H and O–H groups in total. The van der Waals surface area contributed by atoms with Crippen LogP contribution in [-0.4, -0.2) is 71.3 Å². The van der Waals surface area contributed by atoms with Crippen molar-refractivity contribution in [1.29, 1.82) is 0 Å². The Kier molecular flexibility index (Phi) is 6.58. The first-order valence-electron chi connectivity index (χ1n) is 13.3. The van der Waals surface area contributed by atoms with Crippen molar-refractivity contribution in [3.63, 3.8) is 0 Å². The standard InChI is InChI=1S/C31H32N4O4/c1-19-14-21(2-3-23(19)18-34-10-12-39-13-11-34)24-15-26-25-5-4-22(20-6-8-35(9-7-20)31(37)38)17-28(25)33-29(26)27(16-24)30(32)36/h2-6,14-17,33H,7-13,18H2,1H3,(H2,32,36)(H,37,38). The minimum absolute atomic E-state index is 0.384. The summed E-state index contributed by atoms with van der Waals surface area (Å²) in [6.07, 6.45) is 1.74. The summed E-state index contributed by atoms with van der Waals surface area (Å²) >= 11 is 0. The lowest BCUT2D eigenvalue weighted by Crippen LogP contribution is -2.35. The second kappa shape index (κ2) is 10.2. The second-order valence-electron chi connectivity index (χ2n) is 10.4. The molecule has 1 saturated heterocycles. The molecule has 1 aromatic heterocycles. The van der Waals surface area contributed by atoms with E-state index >= 15 is 0 Å². The van der Waals surface area contributed by atoms with E-state index in [1.165, 1.54) is 16.0 Å². The van der Waals surface area contributed by atoms with Crippen molar-refractivity contribution >= 4 is 39.4 Å². The number of amides is 2. The number of morpholine rings is 1. The zero-order chi connectivity index (χ0) is 27.1. The van der Waals surface area contributed by atoms with Gasteiger partial charge in [-0.15, -0.1) is 0 Å². The maximum Gasteiger partial charge on any atom is 0.407 e. The highest BCUT2D eigenvalue weighted by Gasteiger charge is 2.19. The number of carboxylic acid groups (broad SMARTS) is 1. The Morgan fingerprint density at radius 3 is 2.46 bits per heavy atom. The number of hydrogen-bond donors (Lipinski definition) is 3. The van der Waals surface area contributed by atoms with Crippen molar-refractivity contribution in [2.24, 2.45) is 5.73 Å². The third-order valence-corrected chi connectivity index (χ3v) is 8.00. The normalized spacial score (nSPS) is 16.5. The summed E-state index contributed by atoms with van der Waals surface area (Å²) in [7, 11) is 0. The summed E-state index contributed by atoms with van der Waals surface area (Å²) in [6, 6.07) is 16.7. The number of primary amides is 1. The summed E-state index contributed by atoms with van der Waals surface area (Å²) in [4.78, 5) is 31.0. The van der Waals surface area contributed by atoms with Crippen LogP contribution >= 0.6 is 0 Å². The number of hydrogen-bond acceptors (Lipinski definition) is 4. The SMILES string of the molecule is Cc1cc(-c2cc(C(N)=O)c3[nH]c4cc(C5=CCN(C(=O)O)CC5)ccc4c3c2)ccc1CN1CCOCC1. The average molecular weight is 525 g/mol. The summed E-state index contributed by atoms with van der Waals surface area (Å²) in [5.74, 6) is -0.474. The molecule has 0 bridgehead atoms. The Morgan fingerprint density at radius 1 is 0.974 bits per heavy atom. The molecule has 0 saturated carbocycles. The van der Waals surface area contributed by atoms with Crippen molar-refractivity contribution < 1.29 is 19.4 Å². The van der Waals surface area contributed by atoms with Gasteiger partial charge < -0.3 is 25.5 Å². The molecular weight excluding hydrogens is 492 g/mol. The van der Waals surface area contributed by atoms with E-state index in [4.69, 9.17) is 10.5 Å². The van der Waals surface area contributed by atoms with E-state index in [2.05, 4.69) is 59.3 Å². The van der Waals surface area contributed by atoms with Gasteiger partial charge in [-0.2, -0.15) is 0 Å². The molecule has 3 aromatic carbocycles. The van der Waals surface area contributed by atoms with Crippen molar-refractivity contribution in [1.82, 2.24) is 14.8 Å². The number of aryl methyl sites for hydroxylation is 1.